The van der Waals surface area contributed by atoms with Crippen molar-refractivity contribution < 1.29 is 0 Å². The molecule has 0 radical (unpaired) electrons. The first-order valence-corrected chi connectivity index (χ1v) is 7.77. The highest BCUT2D eigenvalue weighted by Gasteiger charge is 2.21. The van der Waals surface area contributed by atoms with E-state index in [9.17, 15) is 0 Å². The van der Waals surface area contributed by atoms with Crippen LogP contribution in [0.3, 0.4) is 0 Å². The van der Waals surface area contributed by atoms with Gasteiger partial charge in [-0.05, 0) is 37.0 Å². The molecule has 1 fully saturated rings. The molecular weight excluding hydrogens is 284 g/mol. The van der Waals surface area contributed by atoms with E-state index in [1.807, 2.05) is 18.2 Å². The topological polar surface area (TPSA) is 44.8 Å². The van der Waals surface area contributed by atoms with Crippen LogP contribution in [-0.4, -0.2) is 28.0 Å². The Morgan fingerprint density at radius 3 is 3.10 bits per heavy atom. The van der Waals surface area contributed by atoms with Gasteiger partial charge in [-0.3, -0.25) is 0 Å². The molecule has 21 heavy (non-hydrogen) atoms. The highest BCUT2D eigenvalue weighted by molar-refractivity contribution is 6.31. The van der Waals surface area contributed by atoms with E-state index in [0.717, 1.165) is 45.9 Å². The molecule has 2 aromatic heterocycles. The fourth-order valence-electron chi connectivity index (χ4n) is 3.27. The maximum atomic E-state index is 6.12. The van der Waals surface area contributed by atoms with Crippen molar-refractivity contribution in [3.05, 3.63) is 29.5 Å². The van der Waals surface area contributed by atoms with Gasteiger partial charge in [-0.2, -0.15) is 0 Å². The van der Waals surface area contributed by atoms with Crippen molar-refractivity contribution in [3.63, 3.8) is 0 Å². The van der Waals surface area contributed by atoms with Crippen LogP contribution in [0, 0.1) is 5.92 Å². The van der Waals surface area contributed by atoms with Crippen molar-refractivity contribution in [2.45, 2.75) is 19.8 Å². The Labute approximate surface area is 128 Å². The number of rotatable bonds is 1. The maximum Gasteiger partial charge on any atom is 0.156 e. The summed E-state index contributed by atoms with van der Waals surface area (Å²) in [6.45, 7) is 4.42. The standard InChI is InChI=1S/C16H17ClN4/c1-10-3-2-6-21(8-10)16-15-14(18-9-19-16)12-7-11(17)4-5-13(12)20-15/h4-5,7,9-10,20H,2-3,6,8H2,1H3/t10-/m1/s1. The highest BCUT2D eigenvalue weighted by atomic mass is 35.5. The molecule has 108 valence electrons. The first-order chi connectivity index (χ1) is 10.2. The van der Waals surface area contributed by atoms with Crippen molar-refractivity contribution in [1.29, 1.82) is 0 Å². The summed E-state index contributed by atoms with van der Waals surface area (Å²) in [5.41, 5.74) is 3.03. The van der Waals surface area contributed by atoms with Gasteiger partial charge < -0.3 is 9.88 Å². The van der Waals surface area contributed by atoms with Crippen molar-refractivity contribution in [1.82, 2.24) is 15.0 Å². The van der Waals surface area contributed by atoms with Crippen LogP contribution in [0.5, 0.6) is 0 Å². The van der Waals surface area contributed by atoms with Gasteiger partial charge in [0.05, 0.1) is 0 Å². The summed E-state index contributed by atoms with van der Waals surface area (Å²) < 4.78 is 0. The van der Waals surface area contributed by atoms with Crippen molar-refractivity contribution in [2.75, 3.05) is 18.0 Å². The van der Waals surface area contributed by atoms with E-state index in [1.165, 1.54) is 12.8 Å². The summed E-state index contributed by atoms with van der Waals surface area (Å²) in [5.74, 6) is 1.72. The Balaban J connectivity index is 1.91. The molecule has 0 amide bonds. The van der Waals surface area contributed by atoms with E-state index in [-0.39, 0.29) is 0 Å². The first kappa shape index (κ1) is 12.9. The number of H-pyrrole nitrogens is 1. The molecule has 4 rings (SSSR count). The summed E-state index contributed by atoms with van der Waals surface area (Å²) in [5, 5.41) is 1.79. The predicted molar refractivity (Wildman–Crippen MR) is 87.0 cm³/mol. The predicted octanol–water partition coefficient (Wildman–Crippen LogP) is 4.00. The molecule has 5 heteroatoms. The minimum atomic E-state index is 0.711. The second kappa shape index (κ2) is 4.88. The van der Waals surface area contributed by atoms with Gasteiger partial charge in [0.1, 0.15) is 17.4 Å². The summed E-state index contributed by atoms with van der Waals surface area (Å²) in [4.78, 5) is 14.8. The average Bonchev–Trinajstić information content (AvgIpc) is 2.85. The molecule has 1 aliphatic rings. The minimum absolute atomic E-state index is 0.711. The number of hydrogen-bond acceptors (Lipinski definition) is 3. The molecule has 0 aliphatic carbocycles. The fraction of sp³-hybridized carbons (Fsp3) is 0.375. The largest absolute Gasteiger partial charge is 0.355 e. The molecule has 1 aromatic carbocycles. The monoisotopic (exact) mass is 300 g/mol. The number of nitrogens with one attached hydrogen (secondary N) is 1. The van der Waals surface area contributed by atoms with Crippen LogP contribution in [0.25, 0.3) is 21.9 Å². The molecule has 1 saturated heterocycles. The fourth-order valence-corrected chi connectivity index (χ4v) is 3.45. The lowest BCUT2D eigenvalue weighted by Crippen LogP contribution is -2.35. The third-order valence-corrected chi connectivity index (χ3v) is 4.52. The van der Waals surface area contributed by atoms with Gasteiger partial charge in [0.2, 0.25) is 0 Å². The number of benzene rings is 1. The highest BCUT2D eigenvalue weighted by Crippen LogP contribution is 2.32. The molecule has 1 atom stereocenters. The zero-order valence-electron chi connectivity index (χ0n) is 11.9. The van der Waals surface area contributed by atoms with E-state index < -0.39 is 0 Å². The van der Waals surface area contributed by atoms with Crippen LogP contribution in [0.4, 0.5) is 5.82 Å². The molecule has 3 aromatic rings. The number of halogens is 1. The molecule has 0 bridgehead atoms. The van der Waals surface area contributed by atoms with Gasteiger partial charge in [-0.25, -0.2) is 9.97 Å². The van der Waals surface area contributed by atoms with Crippen LogP contribution >= 0.6 is 11.6 Å². The third kappa shape index (κ3) is 2.14. The SMILES string of the molecule is C[C@@H]1CCCN(c2ncnc3c2[nH]c2ccc(Cl)cc23)C1. The van der Waals surface area contributed by atoms with Gasteiger partial charge in [-0.15, -0.1) is 0 Å². The number of aromatic amines is 1. The van der Waals surface area contributed by atoms with Gasteiger partial charge in [0.25, 0.3) is 0 Å². The van der Waals surface area contributed by atoms with Gasteiger partial charge in [-0.1, -0.05) is 18.5 Å². The summed E-state index contributed by atoms with van der Waals surface area (Å²) >= 11 is 6.12. The number of piperidine rings is 1. The number of hydrogen-bond donors (Lipinski definition) is 1. The summed E-state index contributed by atoms with van der Waals surface area (Å²) in [6, 6.07) is 5.86. The van der Waals surface area contributed by atoms with Gasteiger partial charge in [0, 0.05) is 29.0 Å². The average molecular weight is 301 g/mol. The van der Waals surface area contributed by atoms with Crippen molar-refractivity contribution in [2.24, 2.45) is 5.92 Å². The molecule has 1 aliphatic heterocycles. The zero-order chi connectivity index (χ0) is 14.4. The number of fused-ring (bicyclic) bond motifs is 3. The van der Waals surface area contributed by atoms with Crippen molar-refractivity contribution in [3.8, 4) is 0 Å². The van der Waals surface area contributed by atoms with Crippen molar-refractivity contribution >= 4 is 39.4 Å². The van der Waals surface area contributed by atoms with Crippen LogP contribution in [-0.2, 0) is 0 Å². The molecule has 0 saturated carbocycles. The Morgan fingerprint density at radius 1 is 1.33 bits per heavy atom. The van der Waals surface area contributed by atoms with Gasteiger partial charge in [0.15, 0.2) is 5.82 Å². The molecule has 4 nitrogen and oxygen atoms in total. The Bertz CT molecular complexity index is 810. The van der Waals surface area contributed by atoms with Gasteiger partial charge >= 0.3 is 0 Å². The number of anilines is 1. The van der Waals surface area contributed by atoms with Crippen LogP contribution < -0.4 is 4.90 Å². The normalized spacial score (nSPS) is 19.5. The smallest absolute Gasteiger partial charge is 0.156 e. The van der Waals surface area contributed by atoms with Crippen LogP contribution in [0.15, 0.2) is 24.5 Å². The molecular formula is C16H17ClN4. The molecule has 0 spiro atoms. The molecule has 1 N–H and O–H groups in total. The van der Waals surface area contributed by atoms with Crippen LogP contribution in [0.2, 0.25) is 5.02 Å². The molecule has 3 heterocycles. The first-order valence-electron chi connectivity index (χ1n) is 7.39. The zero-order valence-corrected chi connectivity index (χ0v) is 12.7. The number of nitrogens with zero attached hydrogens (tertiary/aromatic N) is 3. The summed E-state index contributed by atoms with van der Waals surface area (Å²) in [6.07, 6.45) is 4.18. The van der Waals surface area contributed by atoms with E-state index in [0.29, 0.717) is 5.92 Å². The second-order valence-corrected chi connectivity index (χ2v) is 6.37. The van der Waals surface area contributed by atoms with E-state index >= 15 is 0 Å². The lowest BCUT2D eigenvalue weighted by atomic mass is 10.0. The third-order valence-electron chi connectivity index (χ3n) is 4.28. The Hall–Kier alpha value is -1.81. The van der Waals surface area contributed by atoms with Crippen LogP contribution in [0.1, 0.15) is 19.8 Å². The van der Waals surface area contributed by atoms with E-state index in [2.05, 4.69) is 26.8 Å². The minimum Gasteiger partial charge on any atom is -0.355 e. The lowest BCUT2D eigenvalue weighted by Gasteiger charge is -2.31. The maximum absolute atomic E-state index is 6.12. The summed E-state index contributed by atoms with van der Waals surface area (Å²) in [7, 11) is 0. The van der Waals surface area contributed by atoms with E-state index in [1.54, 1.807) is 6.33 Å². The molecule has 0 unspecified atom stereocenters. The second-order valence-electron chi connectivity index (χ2n) is 5.93. The Kier molecular flexibility index (Phi) is 3.00. The quantitative estimate of drug-likeness (QED) is 0.739. The Morgan fingerprint density at radius 2 is 2.24 bits per heavy atom. The van der Waals surface area contributed by atoms with E-state index in [4.69, 9.17) is 11.6 Å². The lowest BCUT2D eigenvalue weighted by molar-refractivity contribution is 0.445. The number of aromatic nitrogens is 3.